The number of carbonyl (C=O) groups excluding carboxylic acids is 1. The molecule has 0 saturated heterocycles. The summed E-state index contributed by atoms with van der Waals surface area (Å²) >= 11 is 0. The van der Waals surface area contributed by atoms with Crippen LogP contribution in [0.5, 0.6) is 5.75 Å². The first-order valence-corrected chi connectivity index (χ1v) is 7.99. The Morgan fingerprint density at radius 1 is 0.917 bits per heavy atom. The molecule has 0 heterocycles. The van der Waals surface area contributed by atoms with Gasteiger partial charge in [-0.05, 0) is 54.5 Å². The fourth-order valence-corrected chi connectivity index (χ4v) is 2.14. The molecule has 0 atom stereocenters. The van der Waals surface area contributed by atoms with Crippen LogP contribution in [-0.2, 0) is 4.79 Å². The van der Waals surface area contributed by atoms with Gasteiger partial charge in [0.1, 0.15) is 5.75 Å². The maximum absolute atomic E-state index is 11.9. The number of carbonyl (C=O) groups is 1. The van der Waals surface area contributed by atoms with Gasteiger partial charge in [-0.2, -0.15) is 0 Å². The minimum absolute atomic E-state index is 0.0411. The second kappa shape index (κ2) is 8.73. The van der Waals surface area contributed by atoms with Gasteiger partial charge in [0.2, 0.25) is 0 Å². The largest absolute Gasteiger partial charge is 0.494 e. The number of hydrogen-bond donors (Lipinski definition) is 0. The highest BCUT2D eigenvalue weighted by atomic mass is 16.5. The van der Waals surface area contributed by atoms with Crippen molar-refractivity contribution in [1.29, 1.82) is 0 Å². The molecule has 0 radical (unpaired) electrons. The van der Waals surface area contributed by atoms with Gasteiger partial charge < -0.3 is 9.64 Å². The van der Waals surface area contributed by atoms with Crippen LogP contribution in [-0.4, -0.2) is 26.5 Å². The van der Waals surface area contributed by atoms with E-state index in [1.807, 2.05) is 80.5 Å². The number of ketones is 1. The van der Waals surface area contributed by atoms with Crippen LogP contribution in [0, 0.1) is 0 Å². The van der Waals surface area contributed by atoms with Crippen molar-refractivity contribution in [2.24, 2.45) is 0 Å². The zero-order valence-electron chi connectivity index (χ0n) is 14.4. The van der Waals surface area contributed by atoms with Crippen LogP contribution < -0.4 is 9.64 Å². The van der Waals surface area contributed by atoms with E-state index in [0.29, 0.717) is 6.61 Å². The Labute approximate surface area is 143 Å². The Bertz CT molecular complexity index is 711. The van der Waals surface area contributed by atoms with Crippen LogP contribution in [0.3, 0.4) is 0 Å². The van der Waals surface area contributed by atoms with E-state index >= 15 is 0 Å². The summed E-state index contributed by atoms with van der Waals surface area (Å²) in [5.74, 6) is 0.794. The highest BCUT2D eigenvalue weighted by molar-refractivity contribution is 6.04. The van der Waals surface area contributed by atoms with Crippen molar-refractivity contribution in [3.05, 3.63) is 71.8 Å². The summed E-state index contributed by atoms with van der Waals surface area (Å²) < 4.78 is 5.39. The van der Waals surface area contributed by atoms with Crippen molar-refractivity contribution in [3.8, 4) is 5.75 Å². The minimum atomic E-state index is -0.0411. The lowest BCUT2D eigenvalue weighted by Crippen LogP contribution is -2.07. The molecule has 0 saturated carbocycles. The first-order chi connectivity index (χ1) is 11.6. The molecule has 2 aromatic carbocycles. The maximum atomic E-state index is 11.9. The average Bonchev–Trinajstić information content (AvgIpc) is 2.60. The Hall–Kier alpha value is -2.81. The summed E-state index contributed by atoms with van der Waals surface area (Å²) in [5.41, 5.74) is 3.10. The normalized spacial score (nSPS) is 11.1. The summed E-state index contributed by atoms with van der Waals surface area (Å²) in [6.07, 6.45) is 6.78. The van der Waals surface area contributed by atoms with E-state index in [0.717, 1.165) is 22.6 Å². The van der Waals surface area contributed by atoms with E-state index in [2.05, 4.69) is 0 Å². The summed E-state index contributed by atoms with van der Waals surface area (Å²) in [5, 5.41) is 0. The van der Waals surface area contributed by atoms with E-state index in [4.69, 9.17) is 4.74 Å². The van der Waals surface area contributed by atoms with Gasteiger partial charge in [0, 0.05) is 19.8 Å². The molecule has 3 heteroatoms. The number of hydrogen-bond acceptors (Lipinski definition) is 3. The average molecular weight is 321 g/mol. The summed E-state index contributed by atoms with van der Waals surface area (Å²) in [4.78, 5) is 14.0. The van der Waals surface area contributed by atoms with E-state index in [-0.39, 0.29) is 5.78 Å². The molecule has 0 fully saturated rings. The molecule has 0 amide bonds. The van der Waals surface area contributed by atoms with Crippen molar-refractivity contribution in [1.82, 2.24) is 0 Å². The minimum Gasteiger partial charge on any atom is -0.494 e. The molecule has 0 aliphatic carbocycles. The third-order valence-corrected chi connectivity index (χ3v) is 3.48. The van der Waals surface area contributed by atoms with E-state index in [1.165, 1.54) is 0 Å². The van der Waals surface area contributed by atoms with Gasteiger partial charge >= 0.3 is 0 Å². The zero-order valence-corrected chi connectivity index (χ0v) is 14.4. The molecule has 0 N–H and O–H groups in total. The first kappa shape index (κ1) is 17.5. The van der Waals surface area contributed by atoms with Gasteiger partial charge in [-0.15, -0.1) is 0 Å². The van der Waals surface area contributed by atoms with Crippen LogP contribution >= 0.6 is 0 Å². The molecule has 124 valence electrons. The molecular weight excluding hydrogens is 298 g/mol. The predicted molar refractivity (Wildman–Crippen MR) is 101 cm³/mol. The lowest BCUT2D eigenvalue weighted by Gasteiger charge is -2.11. The lowest BCUT2D eigenvalue weighted by molar-refractivity contribution is -0.110. The third-order valence-electron chi connectivity index (χ3n) is 3.48. The second-order valence-corrected chi connectivity index (χ2v) is 5.56. The van der Waals surface area contributed by atoms with Crippen molar-refractivity contribution in [2.45, 2.75) is 6.92 Å². The van der Waals surface area contributed by atoms with Gasteiger partial charge in [0.25, 0.3) is 0 Å². The van der Waals surface area contributed by atoms with Crippen LogP contribution in [0.4, 0.5) is 5.69 Å². The number of ether oxygens (including phenoxy) is 1. The molecule has 0 bridgehead atoms. The van der Waals surface area contributed by atoms with Gasteiger partial charge in [-0.1, -0.05) is 36.4 Å². The quantitative estimate of drug-likeness (QED) is 0.706. The molecule has 0 aliphatic heterocycles. The van der Waals surface area contributed by atoms with E-state index in [1.54, 1.807) is 18.2 Å². The number of rotatable bonds is 7. The van der Waals surface area contributed by atoms with Crippen molar-refractivity contribution in [2.75, 3.05) is 25.6 Å². The zero-order chi connectivity index (χ0) is 17.4. The SMILES string of the molecule is CCOc1ccc(/C=C/C(=O)/C=C/c2ccc(N(C)C)cc2)cc1. The molecule has 2 aromatic rings. The predicted octanol–water partition coefficient (Wildman–Crippen LogP) is 4.45. The topological polar surface area (TPSA) is 29.5 Å². The Morgan fingerprint density at radius 2 is 1.42 bits per heavy atom. The van der Waals surface area contributed by atoms with Crippen molar-refractivity contribution >= 4 is 23.6 Å². The second-order valence-electron chi connectivity index (χ2n) is 5.56. The van der Waals surface area contributed by atoms with Gasteiger partial charge in [-0.25, -0.2) is 0 Å². The van der Waals surface area contributed by atoms with Crippen molar-refractivity contribution in [3.63, 3.8) is 0 Å². The monoisotopic (exact) mass is 321 g/mol. The van der Waals surface area contributed by atoms with Crippen LogP contribution in [0.25, 0.3) is 12.2 Å². The summed E-state index contributed by atoms with van der Waals surface area (Å²) in [6.45, 7) is 2.60. The van der Waals surface area contributed by atoms with E-state index in [9.17, 15) is 4.79 Å². The lowest BCUT2D eigenvalue weighted by atomic mass is 10.1. The number of anilines is 1. The Morgan fingerprint density at radius 3 is 1.88 bits per heavy atom. The number of nitrogens with zero attached hydrogens (tertiary/aromatic N) is 1. The highest BCUT2D eigenvalue weighted by Crippen LogP contribution is 2.14. The molecule has 2 rings (SSSR count). The van der Waals surface area contributed by atoms with Gasteiger partial charge in [-0.3, -0.25) is 4.79 Å². The molecule has 0 aromatic heterocycles. The molecule has 3 nitrogen and oxygen atoms in total. The standard InChI is InChI=1S/C21H23NO2/c1-4-24-21-15-9-18(10-16-21)8-14-20(23)13-7-17-5-11-19(12-6-17)22(2)3/h5-16H,4H2,1-3H3/b13-7+,14-8+. The smallest absolute Gasteiger partial charge is 0.178 e. The first-order valence-electron chi connectivity index (χ1n) is 7.99. The fourth-order valence-electron chi connectivity index (χ4n) is 2.14. The van der Waals surface area contributed by atoms with Crippen molar-refractivity contribution < 1.29 is 9.53 Å². The van der Waals surface area contributed by atoms with Gasteiger partial charge in [0.05, 0.1) is 6.61 Å². The number of benzene rings is 2. The molecular formula is C21H23NO2. The van der Waals surface area contributed by atoms with Crippen LogP contribution in [0.2, 0.25) is 0 Å². The van der Waals surface area contributed by atoms with Gasteiger partial charge in [0.15, 0.2) is 5.78 Å². The molecule has 24 heavy (non-hydrogen) atoms. The molecule has 0 spiro atoms. The Balaban J connectivity index is 1.94. The molecule has 0 aliphatic rings. The Kier molecular flexibility index (Phi) is 6.38. The summed E-state index contributed by atoms with van der Waals surface area (Å²) in [7, 11) is 4.00. The van der Waals surface area contributed by atoms with Crippen LogP contribution in [0.1, 0.15) is 18.1 Å². The van der Waals surface area contributed by atoms with E-state index < -0.39 is 0 Å². The third kappa shape index (κ3) is 5.43. The highest BCUT2D eigenvalue weighted by Gasteiger charge is 1.95. The van der Waals surface area contributed by atoms with Crippen LogP contribution in [0.15, 0.2) is 60.7 Å². The number of allylic oxidation sites excluding steroid dienone is 2. The molecule has 0 unspecified atom stereocenters. The fraction of sp³-hybridized carbons (Fsp3) is 0.190. The summed E-state index contributed by atoms with van der Waals surface area (Å²) in [6, 6.07) is 15.7. The maximum Gasteiger partial charge on any atom is 0.178 e.